The van der Waals surface area contributed by atoms with Gasteiger partial charge in [-0.15, -0.1) is 0 Å². The van der Waals surface area contributed by atoms with E-state index in [0.29, 0.717) is 34.1 Å². The molecule has 1 aliphatic rings. The molecule has 9 heteroatoms. The topological polar surface area (TPSA) is 111 Å². The molecule has 0 unspecified atom stereocenters. The molecule has 1 N–H and O–H groups in total. The first-order valence-electron chi connectivity index (χ1n) is 10.00. The number of aliphatic hydroxyl groups is 1. The number of benzene rings is 2. The standard InChI is InChI=1S/C24H22N2O7/c1-13-10-19(25-33-13)26-21(14-8-9-17(31-3)18(12-14)32-4)20(23(28)24(26)29)22(27)15-6-5-7-16(11-15)30-2/h5-12,21,27H,1-4H3/t21-/m1/s1. The maximum absolute atomic E-state index is 13.2. The molecule has 1 atom stereocenters. The number of aryl methyl sites for hydroxylation is 1. The zero-order chi connectivity index (χ0) is 23.7. The van der Waals surface area contributed by atoms with E-state index in [0.717, 1.165) is 0 Å². The largest absolute Gasteiger partial charge is 0.507 e. The second-order valence-corrected chi connectivity index (χ2v) is 7.31. The van der Waals surface area contributed by atoms with Crippen molar-refractivity contribution in [2.75, 3.05) is 26.2 Å². The SMILES string of the molecule is COc1cccc(C(O)=C2C(=O)C(=O)N(c3cc(C)on3)[C@@H]2c2ccc(OC)c(OC)c2)c1. The molecule has 2 heterocycles. The van der Waals surface area contributed by atoms with Gasteiger partial charge in [-0.3, -0.25) is 14.5 Å². The fourth-order valence-electron chi connectivity index (χ4n) is 3.80. The molecule has 0 bridgehead atoms. The van der Waals surface area contributed by atoms with E-state index in [-0.39, 0.29) is 17.2 Å². The molecule has 9 nitrogen and oxygen atoms in total. The zero-order valence-electron chi connectivity index (χ0n) is 18.5. The number of hydrogen-bond donors (Lipinski definition) is 1. The second kappa shape index (κ2) is 8.70. The Morgan fingerprint density at radius 2 is 1.76 bits per heavy atom. The molecule has 1 fully saturated rings. The Morgan fingerprint density at radius 1 is 1.00 bits per heavy atom. The number of nitrogens with zero attached hydrogens (tertiary/aromatic N) is 2. The lowest BCUT2D eigenvalue weighted by molar-refractivity contribution is -0.132. The van der Waals surface area contributed by atoms with Crippen LogP contribution in [0.4, 0.5) is 5.82 Å². The van der Waals surface area contributed by atoms with E-state index in [2.05, 4.69) is 5.16 Å². The van der Waals surface area contributed by atoms with E-state index in [1.54, 1.807) is 55.5 Å². The number of aliphatic hydroxyl groups excluding tert-OH is 1. The van der Waals surface area contributed by atoms with Gasteiger partial charge in [0.25, 0.3) is 5.78 Å². The minimum atomic E-state index is -0.986. The number of Topliss-reactive ketones (excluding diaryl/α,β-unsaturated/α-hetero) is 1. The van der Waals surface area contributed by atoms with Gasteiger partial charge >= 0.3 is 5.91 Å². The Labute approximate surface area is 189 Å². The molecule has 4 rings (SSSR count). The number of carbonyl (C=O) groups excluding carboxylic acids is 2. The molecule has 1 saturated heterocycles. The predicted molar refractivity (Wildman–Crippen MR) is 119 cm³/mol. The van der Waals surface area contributed by atoms with E-state index in [4.69, 9.17) is 18.7 Å². The third kappa shape index (κ3) is 3.78. The van der Waals surface area contributed by atoms with Crippen molar-refractivity contribution in [2.45, 2.75) is 13.0 Å². The minimum Gasteiger partial charge on any atom is -0.507 e. The van der Waals surface area contributed by atoms with E-state index < -0.39 is 17.7 Å². The summed E-state index contributed by atoms with van der Waals surface area (Å²) >= 11 is 0. The first-order valence-corrected chi connectivity index (χ1v) is 10.00. The van der Waals surface area contributed by atoms with Crippen molar-refractivity contribution in [1.29, 1.82) is 0 Å². The monoisotopic (exact) mass is 450 g/mol. The highest BCUT2D eigenvalue weighted by Crippen LogP contribution is 2.44. The van der Waals surface area contributed by atoms with Gasteiger partial charge in [0, 0.05) is 11.6 Å². The Hall–Kier alpha value is -4.27. The van der Waals surface area contributed by atoms with Gasteiger partial charge in [0.15, 0.2) is 17.3 Å². The molecular weight excluding hydrogens is 428 g/mol. The van der Waals surface area contributed by atoms with Crippen LogP contribution in [0.15, 0.2) is 58.6 Å². The Kier molecular flexibility index (Phi) is 5.78. The van der Waals surface area contributed by atoms with Crippen LogP contribution in [0.1, 0.15) is 22.9 Å². The number of aromatic nitrogens is 1. The lowest BCUT2D eigenvalue weighted by Crippen LogP contribution is -2.29. The van der Waals surface area contributed by atoms with Gasteiger partial charge in [-0.2, -0.15) is 0 Å². The van der Waals surface area contributed by atoms with Gasteiger partial charge < -0.3 is 23.8 Å². The summed E-state index contributed by atoms with van der Waals surface area (Å²) in [7, 11) is 4.48. The molecule has 2 aromatic carbocycles. The van der Waals surface area contributed by atoms with Crippen LogP contribution in [0.2, 0.25) is 0 Å². The number of hydrogen-bond acceptors (Lipinski definition) is 8. The van der Waals surface area contributed by atoms with E-state index in [1.807, 2.05) is 0 Å². The maximum Gasteiger partial charge on any atom is 0.301 e. The Morgan fingerprint density at radius 3 is 2.39 bits per heavy atom. The molecule has 33 heavy (non-hydrogen) atoms. The fraction of sp³-hybridized carbons (Fsp3) is 0.208. The summed E-state index contributed by atoms with van der Waals surface area (Å²) in [6.07, 6.45) is 0. The molecule has 3 aromatic rings. The van der Waals surface area contributed by atoms with Crippen LogP contribution in [0, 0.1) is 6.92 Å². The van der Waals surface area contributed by atoms with Gasteiger partial charge in [-0.25, -0.2) is 0 Å². The maximum atomic E-state index is 13.2. The zero-order valence-corrected chi connectivity index (χ0v) is 18.5. The number of ketones is 1. The molecule has 1 amide bonds. The summed E-state index contributed by atoms with van der Waals surface area (Å²) in [6.45, 7) is 1.68. The van der Waals surface area contributed by atoms with E-state index in [9.17, 15) is 14.7 Å². The molecule has 0 aliphatic carbocycles. The van der Waals surface area contributed by atoms with Crippen molar-refractivity contribution in [3.8, 4) is 17.2 Å². The smallest absolute Gasteiger partial charge is 0.301 e. The van der Waals surface area contributed by atoms with Crippen LogP contribution in [0.25, 0.3) is 5.76 Å². The predicted octanol–water partition coefficient (Wildman–Crippen LogP) is 3.64. The van der Waals surface area contributed by atoms with Gasteiger partial charge in [0.1, 0.15) is 17.3 Å². The second-order valence-electron chi connectivity index (χ2n) is 7.31. The van der Waals surface area contributed by atoms with Crippen molar-refractivity contribution in [3.63, 3.8) is 0 Å². The minimum absolute atomic E-state index is 0.0962. The average molecular weight is 450 g/mol. The number of rotatable bonds is 6. The lowest BCUT2D eigenvalue weighted by Gasteiger charge is -2.23. The molecule has 1 aromatic heterocycles. The van der Waals surface area contributed by atoms with Crippen molar-refractivity contribution in [1.82, 2.24) is 5.16 Å². The molecule has 0 spiro atoms. The number of ether oxygens (including phenoxy) is 3. The van der Waals surface area contributed by atoms with Crippen LogP contribution in [-0.2, 0) is 9.59 Å². The third-order valence-corrected chi connectivity index (χ3v) is 5.37. The van der Waals surface area contributed by atoms with Crippen molar-refractivity contribution in [2.24, 2.45) is 0 Å². The Balaban J connectivity index is 1.96. The highest BCUT2D eigenvalue weighted by Gasteiger charge is 2.48. The molecule has 170 valence electrons. The summed E-state index contributed by atoms with van der Waals surface area (Å²) < 4.78 is 21.1. The normalized spacial score (nSPS) is 17.3. The fourth-order valence-corrected chi connectivity index (χ4v) is 3.80. The molecule has 0 radical (unpaired) electrons. The van der Waals surface area contributed by atoms with Crippen molar-refractivity contribution < 1.29 is 33.4 Å². The van der Waals surface area contributed by atoms with Crippen LogP contribution in [-0.4, -0.2) is 43.3 Å². The average Bonchev–Trinajstić information content (AvgIpc) is 3.38. The van der Waals surface area contributed by atoms with Crippen molar-refractivity contribution in [3.05, 3.63) is 71.0 Å². The van der Waals surface area contributed by atoms with Crippen LogP contribution in [0.3, 0.4) is 0 Å². The number of amides is 1. The molecule has 0 saturated carbocycles. The van der Waals surface area contributed by atoms with Crippen LogP contribution in [0.5, 0.6) is 17.2 Å². The van der Waals surface area contributed by atoms with E-state index in [1.165, 1.54) is 26.2 Å². The number of carbonyl (C=O) groups is 2. The highest BCUT2D eigenvalue weighted by atomic mass is 16.5. The summed E-state index contributed by atoms with van der Waals surface area (Å²) in [4.78, 5) is 27.5. The van der Waals surface area contributed by atoms with Gasteiger partial charge in [-0.1, -0.05) is 23.4 Å². The summed E-state index contributed by atoms with van der Waals surface area (Å²) in [5, 5.41) is 15.1. The summed E-state index contributed by atoms with van der Waals surface area (Å²) in [6, 6.07) is 12.1. The quantitative estimate of drug-likeness (QED) is 0.344. The highest BCUT2D eigenvalue weighted by molar-refractivity contribution is 6.51. The van der Waals surface area contributed by atoms with Crippen molar-refractivity contribution >= 4 is 23.3 Å². The first-order chi connectivity index (χ1) is 15.9. The summed E-state index contributed by atoms with van der Waals surface area (Å²) in [5.41, 5.74) is 0.743. The summed E-state index contributed by atoms with van der Waals surface area (Å²) in [5.74, 6) is -0.0486. The number of methoxy groups -OCH3 is 3. The number of anilines is 1. The van der Waals surface area contributed by atoms with Gasteiger partial charge in [-0.05, 0) is 36.8 Å². The molecular formula is C24H22N2O7. The van der Waals surface area contributed by atoms with E-state index >= 15 is 0 Å². The first kappa shape index (κ1) is 21.9. The van der Waals surface area contributed by atoms with Crippen LogP contribution >= 0.6 is 0 Å². The van der Waals surface area contributed by atoms with Crippen LogP contribution < -0.4 is 19.1 Å². The van der Waals surface area contributed by atoms with Gasteiger partial charge in [0.2, 0.25) is 0 Å². The third-order valence-electron chi connectivity index (χ3n) is 5.37. The molecule has 1 aliphatic heterocycles. The van der Waals surface area contributed by atoms with Gasteiger partial charge in [0.05, 0.1) is 32.9 Å². The Bertz CT molecular complexity index is 1260. The lowest BCUT2D eigenvalue weighted by atomic mass is 9.95.